The molecule has 1 aromatic heterocycles. The highest BCUT2D eigenvalue weighted by atomic mass is 16.4. The molecule has 0 saturated heterocycles. The third kappa shape index (κ3) is 2.90. The molecule has 6 heteroatoms. The van der Waals surface area contributed by atoms with E-state index in [-0.39, 0.29) is 18.3 Å². The summed E-state index contributed by atoms with van der Waals surface area (Å²) in [5.41, 5.74) is -0.0962. The highest BCUT2D eigenvalue weighted by Crippen LogP contribution is 2.12. The van der Waals surface area contributed by atoms with Gasteiger partial charge in [0.25, 0.3) is 0 Å². The van der Waals surface area contributed by atoms with Crippen molar-refractivity contribution in [3.05, 3.63) is 18.1 Å². The van der Waals surface area contributed by atoms with Crippen molar-refractivity contribution in [1.82, 2.24) is 9.97 Å². The summed E-state index contributed by atoms with van der Waals surface area (Å²) in [7, 11) is 0. The maximum absolute atomic E-state index is 10.7. The van der Waals surface area contributed by atoms with E-state index in [0.29, 0.717) is 12.4 Å². The molecule has 6 nitrogen and oxygen atoms in total. The van der Waals surface area contributed by atoms with E-state index in [4.69, 9.17) is 10.2 Å². The molecule has 0 atom stereocenters. The van der Waals surface area contributed by atoms with Gasteiger partial charge in [-0.15, -0.1) is 0 Å². The fourth-order valence-electron chi connectivity index (χ4n) is 1.34. The Bertz CT molecular complexity index is 368. The topological polar surface area (TPSA) is 86.5 Å². The van der Waals surface area contributed by atoms with E-state index >= 15 is 0 Å². The lowest BCUT2D eigenvalue weighted by atomic mass is 10.3. The fourth-order valence-corrected chi connectivity index (χ4v) is 1.34. The largest absolute Gasteiger partial charge is 0.476 e. The van der Waals surface area contributed by atoms with Crippen LogP contribution in [-0.2, 0) is 0 Å². The van der Waals surface area contributed by atoms with Gasteiger partial charge in [-0.3, -0.25) is 4.98 Å². The Morgan fingerprint density at radius 1 is 1.50 bits per heavy atom. The summed E-state index contributed by atoms with van der Waals surface area (Å²) < 4.78 is 0. The van der Waals surface area contributed by atoms with Crippen LogP contribution in [0.4, 0.5) is 5.82 Å². The van der Waals surface area contributed by atoms with Gasteiger partial charge in [0.15, 0.2) is 5.69 Å². The second-order valence-electron chi connectivity index (χ2n) is 3.58. The second kappa shape index (κ2) is 5.41. The van der Waals surface area contributed by atoms with Crippen LogP contribution in [0.1, 0.15) is 24.3 Å². The van der Waals surface area contributed by atoms with Gasteiger partial charge < -0.3 is 15.1 Å². The maximum atomic E-state index is 10.7. The molecule has 0 fully saturated rings. The van der Waals surface area contributed by atoms with Gasteiger partial charge in [-0.2, -0.15) is 0 Å². The number of hydrogen-bond donors (Lipinski definition) is 2. The minimum Gasteiger partial charge on any atom is -0.476 e. The first-order valence-electron chi connectivity index (χ1n) is 4.99. The predicted octanol–water partition coefficient (Wildman–Crippen LogP) is 0.382. The number of rotatable bonds is 5. The standard InChI is InChI=1S/C10H15N3O3/c1-7(2)13(3-4-14)9-6-11-5-8(12-9)10(15)16/h5-7,14H,3-4H2,1-2H3,(H,15,16). The number of hydrogen-bond acceptors (Lipinski definition) is 5. The van der Waals surface area contributed by atoms with Crippen LogP contribution < -0.4 is 4.90 Å². The third-order valence-corrected chi connectivity index (χ3v) is 2.10. The number of aliphatic hydroxyl groups is 1. The van der Waals surface area contributed by atoms with Gasteiger partial charge in [-0.1, -0.05) is 0 Å². The van der Waals surface area contributed by atoms with Gasteiger partial charge in [0.05, 0.1) is 19.0 Å². The van der Waals surface area contributed by atoms with Crippen LogP contribution in [0.25, 0.3) is 0 Å². The van der Waals surface area contributed by atoms with E-state index in [2.05, 4.69) is 9.97 Å². The molecule has 1 aromatic rings. The molecule has 0 aromatic carbocycles. The van der Waals surface area contributed by atoms with Crippen molar-refractivity contribution < 1.29 is 15.0 Å². The molecule has 0 saturated carbocycles. The number of aliphatic hydroxyl groups excluding tert-OH is 1. The average molecular weight is 225 g/mol. The normalized spacial score (nSPS) is 10.5. The zero-order valence-electron chi connectivity index (χ0n) is 9.29. The van der Waals surface area contributed by atoms with E-state index in [1.165, 1.54) is 12.4 Å². The van der Waals surface area contributed by atoms with E-state index < -0.39 is 5.97 Å². The minimum absolute atomic E-state index is 0.0167. The van der Waals surface area contributed by atoms with Crippen LogP contribution >= 0.6 is 0 Å². The summed E-state index contributed by atoms with van der Waals surface area (Å²) in [4.78, 5) is 20.3. The zero-order valence-corrected chi connectivity index (χ0v) is 9.29. The van der Waals surface area contributed by atoms with Crippen LogP contribution in [-0.4, -0.2) is 45.3 Å². The fraction of sp³-hybridized carbons (Fsp3) is 0.500. The molecule has 0 aliphatic carbocycles. The quantitative estimate of drug-likeness (QED) is 0.753. The van der Waals surface area contributed by atoms with Crippen LogP contribution in [0, 0.1) is 0 Å². The highest BCUT2D eigenvalue weighted by Gasteiger charge is 2.14. The molecule has 0 radical (unpaired) electrons. The smallest absolute Gasteiger partial charge is 0.356 e. The molecule has 0 amide bonds. The number of carboxylic acids is 1. The van der Waals surface area contributed by atoms with Crippen molar-refractivity contribution in [1.29, 1.82) is 0 Å². The van der Waals surface area contributed by atoms with Crippen LogP contribution in [0.5, 0.6) is 0 Å². The lowest BCUT2D eigenvalue weighted by molar-refractivity contribution is 0.0690. The monoisotopic (exact) mass is 225 g/mol. The van der Waals surface area contributed by atoms with Gasteiger partial charge in [-0.05, 0) is 13.8 Å². The van der Waals surface area contributed by atoms with Gasteiger partial charge in [0, 0.05) is 12.6 Å². The van der Waals surface area contributed by atoms with Gasteiger partial charge in [0.1, 0.15) is 5.82 Å². The van der Waals surface area contributed by atoms with Crippen molar-refractivity contribution in [3.63, 3.8) is 0 Å². The number of anilines is 1. The summed E-state index contributed by atoms with van der Waals surface area (Å²) in [6.45, 7) is 4.25. The summed E-state index contributed by atoms with van der Waals surface area (Å²) in [6, 6.07) is 0.116. The molecule has 16 heavy (non-hydrogen) atoms. The van der Waals surface area contributed by atoms with Gasteiger partial charge in [-0.25, -0.2) is 9.78 Å². The number of nitrogens with zero attached hydrogens (tertiary/aromatic N) is 3. The Morgan fingerprint density at radius 2 is 2.19 bits per heavy atom. The number of aromatic nitrogens is 2. The Hall–Kier alpha value is -1.69. The molecule has 0 unspecified atom stereocenters. The molecule has 0 bridgehead atoms. The minimum atomic E-state index is -1.11. The molecular formula is C10H15N3O3. The highest BCUT2D eigenvalue weighted by molar-refractivity contribution is 5.85. The van der Waals surface area contributed by atoms with E-state index in [1.807, 2.05) is 13.8 Å². The Morgan fingerprint density at radius 3 is 2.69 bits per heavy atom. The van der Waals surface area contributed by atoms with Crippen molar-refractivity contribution in [2.75, 3.05) is 18.1 Å². The lowest BCUT2D eigenvalue weighted by Gasteiger charge is -2.26. The lowest BCUT2D eigenvalue weighted by Crippen LogP contribution is -2.34. The Labute approximate surface area is 93.6 Å². The molecule has 88 valence electrons. The van der Waals surface area contributed by atoms with Crippen molar-refractivity contribution in [3.8, 4) is 0 Å². The SMILES string of the molecule is CC(C)N(CCO)c1cncc(C(=O)O)n1. The zero-order chi connectivity index (χ0) is 12.1. The summed E-state index contributed by atoms with van der Waals surface area (Å²) in [5, 5.41) is 17.7. The van der Waals surface area contributed by atoms with Gasteiger partial charge in [0.2, 0.25) is 0 Å². The van der Waals surface area contributed by atoms with Crippen LogP contribution in [0.3, 0.4) is 0 Å². The summed E-state index contributed by atoms with van der Waals surface area (Å²) >= 11 is 0. The summed E-state index contributed by atoms with van der Waals surface area (Å²) in [6.07, 6.45) is 2.69. The van der Waals surface area contributed by atoms with E-state index in [1.54, 1.807) is 4.90 Å². The summed E-state index contributed by atoms with van der Waals surface area (Å²) in [5.74, 6) is -0.647. The molecule has 1 heterocycles. The first-order chi connectivity index (χ1) is 7.56. The average Bonchev–Trinajstić information content (AvgIpc) is 2.25. The van der Waals surface area contributed by atoms with E-state index in [9.17, 15) is 4.79 Å². The third-order valence-electron chi connectivity index (χ3n) is 2.10. The van der Waals surface area contributed by atoms with Crippen LogP contribution in [0.15, 0.2) is 12.4 Å². The molecule has 1 rings (SSSR count). The van der Waals surface area contributed by atoms with Gasteiger partial charge >= 0.3 is 5.97 Å². The maximum Gasteiger partial charge on any atom is 0.356 e. The van der Waals surface area contributed by atoms with Crippen molar-refractivity contribution in [2.24, 2.45) is 0 Å². The Balaban J connectivity index is 3.00. The van der Waals surface area contributed by atoms with Crippen molar-refractivity contribution in [2.45, 2.75) is 19.9 Å². The van der Waals surface area contributed by atoms with Crippen molar-refractivity contribution >= 4 is 11.8 Å². The number of aromatic carboxylic acids is 1. The second-order valence-corrected chi connectivity index (χ2v) is 3.58. The Kier molecular flexibility index (Phi) is 4.19. The molecule has 0 aliphatic heterocycles. The number of carboxylic acid groups (broad SMARTS) is 1. The van der Waals surface area contributed by atoms with Crippen LogP contribution in [0.2, 0.25) is 0 Å². The molecule has 0 aliphatic rings. The number of carbonyl (C=O) groups is 1. The first kappa shape index (κ1) is 12.4. The molecule has 2 N–H and O–H groups in total. The first-order valence-corrected chi connectivity index (χ1v) is 4.99. The van der Waals surface area contributed by atoms with E-state index in [0.717, 1.165) is 0 Å². The predicted molar refractivity (Wildman–Crippen MR) is 58.6 cm³/mol. The molecule has 0 spiro atoms. The molecular weight excluding hydrogens is 210 g/mol.